The number of hydrogen-bond acceptors (Lipinski definition) is 6. The van der Waals surface area contributed by atoms with Gasteiger partial charge < -0.3 is 65.4 Å². The van der Waals surface area contributed by atoms with Crippen LogP contribution in [0.3, 0.4) is 0 Å². The summed E-state index contributed by atoms with van der Waals surface area (Å²) in [5.41, 5.74) is 15.9. The number of rotatable bonds is 4. The normalized spacial score (nSPS) is 13.5. The number of nitrogens with zero attached hydrogens (tertiary/aromatic N) is 6. The van der Waals surface area contributed by atoms with Gasteiger partial charge in [0.15, 0.2) is 0 Å². The van der Waals surface area contributed by atoms with E-state index in [1.54, 1.807) is 9.80 Å². The van der Waals surface area contributed by atoms with E-state index in [0.29, 0.717) is 23.8 Å². The summed E-state index contributed by atoms with van der Waals surface area (Å²) in [6.45, 7) is 3.56. The van der Waals surface area contributed by atoms with E-state index >= 15 is 0 Å². The van der Waals surface area contributed by atoms with Crippen LogP contribution >= 0.6 is 0 Å². The number of piperidine rings is 2. The molecule has 0 saturated carbocycles. The average molecular weight is 1060 g/mol. The Bertz CT molecular complexity index is 1540. The zero-order valence-corrected chi connectivity index (χ0v) is 36.9. The minimum atomic E-state index is 0. The largest absolute Gasteiger partial charge is 2.00 e. The molecule has 0 radical (unpaired) electrons. The number of anilines is 2. The number of nitrogens with two attached hydrogens (primary N) is 2. The van der Waals surface area contributed by atoms with Crippen LogP contribution in [0.2, 0.25) is 0 Å². The van der Waals surface area contributed by atoms with E-state index in [0.717, 1.165) is 88.8 Å². The smallest absolute Gasteiger partial charge is 1.00 e. The fourth-order valence-corrected chi connectivity index (χ4v) is 5.74. The van der Waals surface area contributed by atoms with Gasteiger partial charge in [0.25, 0.3) is 0 Å². The number of hydrogen-bond donors (Lipinski definition) is 6. The molecule has 4 aromatic carbocycles. The van der Waals surface area contributed by atoms with Gasteiger partial charge >= 0.3 is 21.1 Å². The Hall–Kier alpha value is -4.07. The van der Waals surface area contributed by atoms with Crippen molar-refractivity contribution in [2.75, 3.05) is 50.2 Å². The molecular weight excluding hydrogens is 1010 g/mol. The van der Waals surface area contributed by atoms with E-state index in [-0.39, 0.29) is 55.0 Å². The topological polar surface area (TPSA) is 178 Å². The van der Waals surface area contributed by atoms with E-state index in [1.807, 2.05) is 121 Å². The molecule has 15 heteroatoms. The maximum absolute atomic E-state index is 8.67. The molecular formula is C40H54Br2N10O2Pt. The van der Waals surface area contributed by atoms with E-state index in [2.05, 4.69) is 19.8 Å². The van der Waals surface area contributed by atoms with Crippen LogP contribution in [0, 0.1) is 10.8 Å². The van der Waals surface area contributed by atoms with Gasteiger partial charge in [0, 0.05) is 40.4 Å². The van der Waals surface area contributed by atoms with Gasteiger partial charge in [-0.3, -0.25) is 20.6 Å². The third kappa shape index (κ3) is 16.3. The van der Waals surface area contributed by atoms with Crippen LogP contribution in [0.25, 0.3) is 0 Å². The van der Waals surface area contributed by atoms with Gasteiger partial charge in [-0.1, -0.05) is 72.8 Å². The Morgan fingerprint density at radius 1 is 0.491 bits per heavy atom. The third-order valence-corrected chi connectivity index (χ3v) is 8.22. The van der Waals surface area contributed by atoms with Crippen molar-refractivity contribution in [2.24, 2.45) is 21.5 Å². The van der Waals surface area contributed by atoms with Gasteiger partial charge in [0.1, 0.15) is 0 Å². The fraction of sp³-hybridized carbons (Fsp3) is 0.300. The predicted octanol–water partition coefficient (Wildman–Crippen LogP) is 0.343. The van der Waals surface area contributed by atoms with Crippen molar-refractivity contribution in [1.82, 2.24) is 9.80 Å². The molecule has 6 rings (SSSR count). The zero-order chi connectivity index (χ0) is 37.6. The summed E-state index contributed by atoms with van der Waals surface area (Å²) in [5, 5.41) is 31.3. The van der Waals surface area contributed by atoms with Gasteiger partial charge in [-0.25, -0.2) is 9.98 Å². The maximum Gasteiger partial charge on any atom is 2.00 e. The molecule has 2 saturated heterocycles. The SMILES string of the molecule is CO.CO.N=C(N1CCCCC1)N(C(N)=Nc1ccccc1)c1ccccc1.N=C(N1CCCCC1)N(C(N)=Nc1ccccc1)c1ccccc1.[Br-].[Br-].[Pt+2]. The molecule has 55 heavy (non-hydrogen) atoms. The summed E-state index contributed by atoms with van der Waals surface area (Å²) in [5.74, 6) is 1.39. The Labute approximate surface area is 361 Å². The molecule has 4 aromatic rings. The summed E-state index contributed by atoms with van der Waals surface area (Å²) in [4.78, 5) is 16.6. The fourth-order valence-electron chi connectivity index (χ4n) is 5.74. The molecule has 0 aromatic heterocycles. The van der Waals surface area contributed by atoms with Gasteiger partial charge in [0.05, 0.1) is 22.7 Å². The van der Waals surface area contributed by atoms with Crippen LogP contribution in [0.5, 0.6) is 0 Å². The molecule has 2 fully saturated rings. The van der Waals surface area contributed by atoms with E-state index in [1.165, 1.54) is 12.8 Å². The maximum atomic E-state index is 8.67. The number of guanidine groups is 4. The van der Waals surface area contributed by atoms with E-state index < -0.39 is 0 Å². The van der Waals surface area contributed by atoms with Crippen LogP contribution in [0.15, 0.2) is 131 Å². The molecule has 0 bridgehead atoms. The average Bonchev–Trinajstić information content (AvgIpc) is 3.22. The summed E-state index contributed by atoms with van der Waals surface area (Å²) >= 11 is 0. The third-order valence-electron chi connectivity index (χ3n) is 8.22. The van der Waals surface area contributed by atoms with E-state index in [4.69, 9.17) is 32.5 Å². The Morgan fingerprint density at radius 2 is 0.745 bits per heavy atom. The molecule has 0 unspecified atom stereocenters. The Morgan fingerprint density at radius 3 is 1.02 bits per heavy atom. The van der Waals surface area contributed by atoms with E-state index in [9.17, 15) is 0 Å². The first-order valence-electron chi connectivity index (χ1n) is 17.6. The van der Waals surface area contributed by atoms with Crippen molar-refractivity contribution in [3.05, 3.63) is 121 Å². The summed E-state index contributed by atoms with van der Waals surface area (Å²) in [7, 11) is 2.00. The van der Waals surface area contributed by atoms with Crippen LogP contribution in [-0.4, -0.2) is 84.2 Å². The van der Waals surface area contributed by atoms with Crippen LogP contribution < -0.4 is 55.2 Å². The predicted molar refractivity (Wildman–Crippen MR) is 216 cm³/mol. The van der Waals surface area contributed by atoms with Gasteiger partial charge in [0.2, 0.25) is 23.8 Å². The number of halogens is 2. The summed E-state index contributed by atoms with van der Waals surface area (Å²) in [6, 6.07) is 38.7. The molecule has 2 heterocycles. The minimum Gasteiger partial charge on any atom is -1.00 e. The number of nitrogens with one attached hydrogen (secondary N) is 2. The van der Waals surface area contributed by atoms with Crippen molar-refractivity contribution in [1.29, 1.82) is 10.8 Å². The molecule has 0 spiro atoms. The molecule has 0 atom stereocenters. The van der Waals surface area contributed by atoms with Crippen molar-refractivity contribution < 1.29 is 65.2 Å². The first kappa shape index (κ1) is 50.9. The second-order valence-corrected chi connectivity index (χ2v) is 11.7. The second kappa shape index (κ2) is 29.2. The summed E-state index contributed by atoms with van der Waals surface area (Å²) in [6.07, 6.45) is 6.90. The molecule has 0 aliphatic carbocycles. The van der Waals surface area contributed by atoms with Crippen molar-refractivity contribution >= 4 is 46.6 Å². The first-order valence-corrected chi connectivity index (χ1v) is 17.6. The van der Waals surface area contributed by atoms with Crippen molar-refractivity contribution in [2.45, 2.75) is 38.5 Å². The molecule has 2 aliphatic rings. The number of aliphatic hydroxyl groups is 2. The second-order valence-electron chi connectivity index (χ2n) is 11.7. The van der Waals surface area contributed by atoms with Crippen LogP contribution in [0.1, 0.15) is 38.5 Å². The number of likely N-dealkylation sites (tertiary alicyclic amines) is 2. The Balaban J connectivity index is 0.000000926. The number of benzene rings is 4. The quantitative estimate of drug-likeness (QED) is 0.125. The molecule has 8 N–H and O–H groups in total. The minimum absolute atomic E-state index is 0. The van der Waals surface area contributed by atoms with Gasteiger partial charge in [-0.2, -0.15) is 0 Å². The number of aliphatic imine (C=N–C) groups is 2. The Kier molecular flexibility index (Phi) is 27.1. The standard InChI is InChI=1S/2C19H23N5.2CH4O.2BrH.Pt/c2*20-18(22-16-10-4-1-5-11-16)24(17-12-6-2-7-13-17)19(21)23-14-8-3-9-15-23;2*1-2;;;/h2*1-2,4-7,10-13,21H,3,8-9,14-15H2,(H2,20,22);2*2H,1H3;2*1H;/q;;;;;;+2/p-2. The molecule has 12 nitrogen and oxygen atoms in total. The van der Waals surface area contributed by atoms with Crippen LogP contribution in [-0.2, 0) is 21.1 Å². The zero-order valence-electron chi connectivity index (χ0n) is 31.4. The number of aliphatic hydroxyl groups excluding tert-OH is 2. The van der Waals surface area contributed by atoms with Gasteiger partial charge in [-0.05, 0) is 87.1 Å². The molecule has 2 aliphatic heterocycles. The van der Waals surface area contributed by atoms with Crippen molar-refractivity contribution in [3.8, 4) is 0 Å². The molecule has 0 amide bonds. The monoisotopic (exact) mass is 1060 g/mol. The van der Waals surface area contributed by atoms with Crippen molar-refractivity contribution in [3.63, 3.8) is 0 Å². The van der Waals surface area contributed by atoms with Gasteiger partial charge in [-0.15, -0.1) is 0 Å². The first-order chi connectivity index (χ1) is 25.5. The van der Waals surface area contributed by atoms with Crippen LogP contribution in [0.4, 0.5) is 22.7 Å². The summed E-state index contributed by atoms with van der Waals surface area (Å²) < 4.78 is 0. The number of para-hydroxylation sites is 4. The molecule has 300 valence electrons.